The van der Waals surface area contributed by atoms with Crippen LogP contribution in [0.25, 0.3) is 0 Å². The Morgan fingerprint density at radius 1 is 1.45 bits per heavy atom. The van der Waals surface area contributed by atoms with E-state index in [0.717, 1.165) is 0 Å². The van der Waals surface area contributed by atoms with E-state index in [-0.39, 0.29) is 18.3 Å². The summed E-state index contributed by atoms with van der Waals surface area (Å²) in [5.74, 6) is -2.10. The SMILES string of the molecule is C=CC[C@H](C[C@H]1O[C@@H](OC)[C@@H]2OC(C)(C)O[C@@H]21)C(=O)O. The van der Waals surface area contributed by atoms with Crippen molar-refractivity contribution in [2.45, 2.75) is 57.1 Å². The Hall–Kier alpha value is -0.950. The molecular weight excluding hydrogens is 264 g/mol. The van der Waals surface area contributed by atoms with Gasteiger partial charge in [0.15, 0.2) is 12.1 Å². The lowest BCUT2D eigenvalue weighted by Gasteiger charge is -2.24. The molecule has 0 radical (unpaired) electrons. The fourth-order valence-electron chi connectivity index (χ4n) is 2.80. The lowest BCUT2D eigenvalue weighted by Crippen LogP contribution is -2.32. The monoisotopic (exact) mass is 286 g/mol. The molecular formula is C14H22O6. The van der Waals surface area contributed by atoms with Crippen LogP contribution in [0.2, 0.25) is 0 Å². The number of fused-ring (bicyclic) bond motifs is 1. The molecule has 2 rings (SSSR count). The molecule has 0 amide bonds. The molecule has 2 heterocycles. The molecule has 6 heteroatoms. The van der Waals surface area contributed by atoms with E-state index in [1.807, 2.05) is 13.8 Å². The molecule has 2 aliphatic rings. The van der Waals surface area contributed by atoms with Gasteiger partial charge in [0.05, 0.1) is 12.0 Å². The number of aliphatic carboxylic acids is 1. The van der Waals surface area contributed by atoms with E-state index in [1.165, 1.54) is 7.11 Å². The van der Waals surface area contributed by atoms with Gasteiger partial charge in [-0.25, -0.2) is 0 Å². The molecule has 0 bridgehead atoms. The number of allylic oxidation sites excluding steroid dienone is 1. The summed E-state index contributed by atoms with van der Waals surface area (Å²) in [5.41, 5.74) is 0. The predicted molar refractivity (Wildman–Crippen MR) is 70.1 cm³/mol. The fraction of sp³-hybridized carbons (Fsp3) is 0.786. The lowest BCUT2D eigenvalue weighted by molar-refractivity contribution is -0.228. The summed E-state index contributed by atoms with van der Waals surface area (Å²) in [4.78, 5) is 11.2. The van der Waals surface area contributed by atoms with Gasteiger partial charge in [0, 0.05) is 7.11 Å². The first-order valence-electron chi connectivity index (χ1n) is 6.75. The number of carbonyl (C=O) groups is 1. The quantitative estimate of drug-likeness (QED) is 0.747. The summed E-state index contributed by atoms with van der Waals surface area (Å²) in [7, 11) is 1.54. The van der Waals surface area contributed by atoms with Gasteiger partial charge in [-0.05, 0) is 26.7 Å². The highest BCUT2D eigenvalue weighted by molar-refractivity contribution is 5.70. The number of hydrogen-bond donors (Lipinski definition) is 1. The van der Waals surface area contributed by atoms with E-state index in [1.54, 1.807) is 6.08 Å². The third-order valence-corrected chi connectivity index (χ3v) is 3.66. The minimum absolute atomic E-state index is 0.304. The second kappa shape index (κ2) is 5.81. The van der Waals surface area contributed by atoms with Crippen molar-refractivity contribution in [3.8, 4) is 0 Å². The topological polar surface area (TPSA) is 74.2 Å². The minimum Gasteiger partial charge on any atom is -0.481 e. The average Bonchev–Trinajstić information content (AvgIpc) is 2.82. The Balaban J connectivity index is 2.08. The summed E-state index contributed by atoms with van der Waals surface area (Å²) in [5, 5.41) is 9.22. The van der Waals surface area contributed by atoms with Gasteiger partial charge in [0.1, 0.15) is 12.2 Å². The van der Waals surface area contributed by atoms with E-state index in [4.69, 9.17) is 18.9 Å². The van der Waals surface area contributed by atoms with Gasteiger partial charge in [0.2, 0.25) is 0 Å². The third kappa shape index (κ3) is 3.03. The molecule has 0 aromatic heterocycles. The van der Waals surface area contributed by atoms with Crippen LogP contribution in [0.1, 0.15) is 26.7 Å². The largest absolute Gasteiger partial charge is 0.481 e. The minimum atomic E-state index is -0.857. The number of carboxylic acids is 1. The predicted octanol–water partition coefficient (Wildman–Crippen LogP) is 1.54. The summed E-state index contributed by atoms with van der Waals surface area (Å²) in [6, 6.07) is 0. The zero-order chi connectivity index (χ0) is 14.9. The van der Waals surface area contributed by atoms with Crippen molar-refractivity contribution in [2.24, 2.45) is 5.92 Å². The summed E-state index contributed by atoms with van der Waals surface area (Å²) < 4.78 is 22.6. The zero-order valence-electron chi connectivity index (χ0n) is 12.1. The first-order chi connectivity index (χ1) is 9.38. The van der Waals surface area contributed by atoms with Gasteiger partial charge in [-0.1, -0.05) is 6.08 Å². The van der Waals surface area contributed by atoms with Crippen molar-refractivity contribution in [3.05, 3.63) is 12.7 Å². The highest BCUT2D eigenvalue weighted by Gasteiger charge is 2.55. The third-order valence-electron chi connectivity index (χ3n) is 3.66. The van der Waals surface area contributed by atoms with E-state index in [2.05, 4.69) is 6.58 Å². The van der Waals surface area contributed by atoms with Crippen molar-refractivity contribution in [3.63, 3.8) is 0 Å². The molecule has 2 saturated heterocycles. The molecule has 1 N–H and O–H groups in total. The van der Waals surface area contributed by atoms with Crippen LogP contribution in [0.5, 0.6) is 0 Å². The molecule has 2 fully saturated rings. The maximum Gasteiger partial charge on any atom is 0.306 e. The van der Waals surface area contributed by atoms with Crippen LogP contribution >= 0.6 is 0 Å². The average molecular weight is 286 g/mol. The van der Waals surface area contributed by atoms with Crippen molar-refractivity contribution < 1.29 is 28.8 Å². The fourth-order valence-corrected chi connectivity index (χ4v) is 2.80. The molecule has 0 aromatic rings. The number of methoxy groups -OCH3 is 1. The second-order valence-electron chi connectivity index (χ2n) is 5.64. The molecule has 0 unspecified atom stereocenters. The second-order valence-corrected chi connectivity index (χ2v) is 5.64. The lowest BCUT2D eigenvalue weighted by atomic mass is 9.95. The van der Waals surface area contributed by atoms with Gasteiger partial charge in [-0.15, -0.1) is 6.58 Å². The number of ether oxygens (including phenoxy) is 4. The van der Waals surface area contributed by atoms with Crippen LogP contribution in [0.4, 0.5) is 0 Å². The maximum atomic E-state index is 11.2. The molecule has 2 aliphatic heterocycles. The highest BCUT2D eigenvalue weighted by Crippen LogP contribution is 2.40. The van der Waals surface area contributed by atoms with Crippen LogP contribution in [0.3, 0.4) is 0 Å². The highest BCUT2D eigenvalue weighted by atomic mass is 16.8. The summed E-state index contributed by atoms with van der Waals surface area (Å²) in [6.45, 7) is 7.25. The van der Waals surface area contributed by atoms with Crippen LogP contribution in [0, 0.1) is 5.92 Å². The first-order valence-corrected chi connectivity index (χ1v) is 6.75. The van der Waals surface area contributed by atoms with Gasteiger partial charge in [0.25, 0.3) is 0 Å². The molecule has 20 heavy (non-hydrogen) atoms. The zero-order valence-corrected chi connectivity index (χ0v) is 12.1. The number of carboxylic acid groups (broad SMARTS) is 1. The van der Waals surface area contributed by atoms with Crippen LogP contribution < -0.4 is 0 Å². The summed E-state index contributed by atoms with van der Waals surface area (Å²) in [6.07, 6.45) is 0.850. The van der Waals surface area contributed by atoms with E-state index in [9.17, 15) is 9.90 Å². The van der Waals surface area contributed by atoms with Crippen LogP contribution in [-0.2, 0) is 23.7 Å². The van der Waals surface area contributed by atoms with Gasteiger partial charge in [-0.3, -0.25) is 4.79 Å². The van der Waals surface area contributed by atoms with E-state index < -0.39 is 24.0 Å². The Kier molecular flexibility index (Phi) is 4.49. The molecule has 0 spiro atoms. The van der Waals surface area contributed by atoms with E-state index >= 15 is 0 Å². The molecule has 114 valence electrons. The summed E-state index contributed by atoms with van der Waals surface area (Å²) >= 11 is 0. The Morgan fingerprint density at radius 3 is 2.65 bits per heavy atom. The smallest absolute Gasteiger partial charge is 0.306 e. The van der Waals surface area contributed by atoms with Crippen molar-refractivity contribution >= 4 is 5.97 Å². The molecule has 5 atom stereocenters. The molecule has 6 nitrogen and oxygen atoms in total. The molecule has 0 aliphatic carbocycles. The Bertz CT molecular complexity index is 380. The Labute approximate surface area is 118 Å². The van der Waals surface area contributed by atoms with Gasteiger partial charge in [-0.2, -0.15) is 0 Å². The van der Waals surface area contributed by atoms with Crippen LogP contribution in [-0.4, -0.2) is 48.6 Å². The standard InChI is InChI=1S/C14H22O6/c1-5-6-8(12(15)16)7-9-10-11(13(17-4)18-9)20-14(2,3)19-10/h5,8-11,13H,1,6-7H2,2-4H3,(H,15,16)/t8-,9-,10-,11-,13-/m1/s1. The van der Waals surface area contributed by atoms with Gasteiger partial charge < -0.3 is 24.1 Å². The van der Waals surface area contributed by atoms with Crippen LogP contribution in [0.15, 0.2) is 12.7 Å². The van der Waals surface area contributed by atoms with Gasteiger partial charge >= 0.3 is 5.97 Å². The first kappa shape index (κ1) is 15.4. The van der Waals surface area contributed by atoms with Crippen molar-refractivity contribution in [1.29, 1.82) is 0 Å². The van der Waals surface area contributed by atoms with E-state index in [0.29, 0.717) is 12.8 Å². The number of hydrogen-bond acceptors (Lipinski definition) is 5. The van der Waals surface area contributed by atoms with Crippen molar-refractivity contribution in [2.75, 3.05) is 7.11 Å². The maximum absolute atomic E-state index is 11.2. The van der Waals surface area contributed by atoms with Crippen molar-refractivity contribution in [1.82, 2.24) is 0 Å². The molecule has 0 aromatic carbocycles. The Morgan fingerprint density at radius 2 is 2.10 bits per heavy atom. The molecule has 0 saturated carbocycles. The number of rotatable bonds is 6. The normalized spacial score (nSPS) is 36.5.